The second kappa shape index (κ2) is 7.28. The predicted octanol–water partition coefficient (Wildman–Crippen LogP) is 1.84. The molecule has 2 unspecified atom stereocenters. The molecular weight excluding hydrogens is 171 g/mol. The summed E-state index contributed by atoms with van der Waals surface area (Å²) in [7, 11) is 1.91. The minimum absolute atomic E-state index is 0.0556. The van der Waals surface area contributed by atoms with Gasteiger partial charge in [-0.1, -0.05) is 6.92 Å². The highest BCUT2D eigenvalue weighted by molar-refractivity contribution is 7.33. The molecule has 0 aliphatic heterocycles. The van der Waals surface area contributed by atoms with Gasteiger partial charge in [-0.15, -0.1) is 11.8 Å². The summed E-state index contributed by atoms with van der Waals surface area (Å²) in [6.07, 6.45) is 1.20. The van der Waals surface area contributed by atoms with Crippen LogP contribution in [0.3, 0.4) is 0 Å². The topological polar surface area (TPSA) is 26.3 Å². The summed E-state index contributed by atoms with van der Waals surface area (Å²) in [4.78, 5) is 11.3. The van der Waals surface area contributed by atoms with E-state index in [4.69, 9.17) is 4.52 Å². The third-order valence-corrected chi connectivity index (χ3v) is 2.31. The lowest BCUT2D eigenvalue weighted by Gasteiger charge is -2.04. The van der Waals surface area contributed by atoms with Crippen molar-refractivity contribution < 1.29 is 9.32 Å². The second-order valence-corrected chi connectivity index (χ2v) is 3.57. The Hall–Kier alpha value is -0.380. The number of hydrogen-bond acceptors (Lipinski definition) is 2. The van der Waals surface area contributed by atoms with Crippen molar-refractivity contribution in [1.82, 2.24) is 0 Å². The standard InChI is InChI=1S/C9H15O2P/c1-4-5-6-8(2)9(10)7-12-11-3/h8,12H,6-7H2,1-3H3. The maximum atomic E-state index is 11.3. The zero-order valence-electron chi connectivity index (χ0n) is 7.81. The van der Waals surface area contributed by atoms with Gasteiger partial charge in [-0.25, -0.2) is 0 Å². The highest BCUT2D eigenvalue weighted by Crippen LogP contribution is 2.13. The van der Waals surface area contributed by atoms with Gasteiger partial charge in [-0.2, -0.15) is 0 Å². The van der Waals surface area contributed by atoms with Gasteiger partial charge in [0, 0.05) is 34.4 Å². The maximum absolute atomic E-state index is 11.3. The third kappa shape index (κ3) is 5.29. The number of Topliss-reactive ketones (excluding diaryl/α,β-unsaturated/α-hetero) is 1. The van der Waals surface area contributed by atoms with Crippen molar-refractivity contribution in [3.05, 3.63) is 0 Å². The van der Waals surface area contributed by atoms with Crippen molar-refractivity contribution in [3.63, 3.8) is 0 Å². The van der Waals surface area contributed by atoms with Crippen LogP contribution in [0.15, 0.2) is 0 Å². The molecule has 2 atom stereocenters. The molecule has 0 aliphatic rings. The fraction of sp³-hybridized carbons (Fsp3) is 0.667. The Labute approximate surface area is 75.9 Å². The fourth-order valence-electron chi connectivity index (χ4n) is 0.687. The van der Waals surface area contributed by atoms with Crippen LogP contribution in [0, 0.1) is 17.8 Å². The Morgan fingerprint density at radius 3 is 2.83 bits per heavy atom. The van der Waals surface area contributed by atoms with Crippen molar-refractivity contribution in [2.75, 3.05) is 13.3 Å². The fourth-order valence-corrected chi connectivity index (χ4v) is 1.32. The van der Waals surface area contributed by atoms with Gasteiger partial charge < -0.3 is 4.52 Å². The molecule has 0 aromatic rings. The molecular formula is C9H15O2P. The molecule has 0 fully saturated rings. The van der Waals surface area contributed by atoms with Gasteiger partial charge >= 0.3 is 0 Å². The number of rotatable bonds is 5. The Morgan fingerprint density at radius 2 is 2.33 bits per heavy atom. The summed E-state index contributed by atoms with van der Waals surface area (Å²) in [5.74, 6) is 5.98. The van der Waals surface area contributed by atoms with Gasteiger partial charge in [0.05, 0.1) is 0 Å². The van der Waals surface area contributed by atoms with Crippen molar-refractivity contribution in [3.8, 4) is 11.8 Å². The molecule has 0 saturated heterocycles. The Balaban J connectivity index is 3.66. The lowest BCUT2D eigenvalue weighted by molar-refractivity contribution is -0.119. The molecule has 0 aromatic heterocycles. The molecule has 0 saturated carbocycles. The van der Waals surface area contributed by atoms with Crippen LogP contribution in [0.1, 0.15) is 20.3 Å². The van der Waals surface area contributed by atoms with Crippen molar-refractivity contribution in [2.45, 2.75) is 20.3 Å². The molecule has 0 amide bonds. The lowest BCUT2D eigenvalue weighted by atomic mass is 10.0. The molecule has 0 heterocycles. The molecule has 2 nitrogen and oxygen atoms in total. The van der Waals surface area contributed by atoms with E-state index in [-0.39, 0.29) is 11.7 Å². The van der Waals surface area contributed by atoms with Crippen LogP contribution in [0.4, 0.5) is 0 Å². The van der Waals surface area contributed by atoms with Crippen molar-refractivity contribution in [1.29, 1.82) is 0 Å². The first-order valence-corrected chi connectivity index (χ1v) is 5.02. The highest BCUT2D eigenvalue weighted by Gasteiger charge is 2.10. The molecule has 68 valence electrons. The lowest BCUT2D eigenvalue weighted by Crippen LogP contribution is -2.12. The van der Waals surface area contributed by atoms with Crippen LogP contribution >= 0.6 is 8.81 Å². The zero-order chi connectivity index (χ0) is 9.40. The number of ketones is 1. The molecule has 3 heteroatoms. The van der Waals surface area contributed by atoms with E-state index < -0.39 is 0 Å². The van der Waals surface area contributed by atoms with Crippen LogP contribution in [0.2, 0.25) is 0 Å². The normalized spacial score (nSPS) is 12.6. The van der Waals surface area contributed by atoms with E-state index in [0.717, 1.165) is 0 Å². The molecule has 0 aliphatic carbocycles. The molecule has 0 aromatic carbocycles. The number of carbonyl (C=O) groups excluding carboxylic acids is 1. The maximum Gasteiger partial charge on any atom is 0.142 e. The summed E-state index contributed by atoms with van der Waals surface area (Å²) in [6, 6.07) is 0. The van der Waals surface area contributed by atoms with Crippen LogP contribution in [0.25, 0.3) is 0 Å². The summed E-state index contributed by atoms with van der Waals surface area (Å²) in [6.45, 7) is 3.70. The first-order chi connectivity index (χ1) is 5.72. The van der Waals surface area contributed by atoms with E-state index in [1.165, 1.54) is 0 Å². The van der Waals surface area contributed by atoms with Crippen molar-refractivity contribution in [2.24, 2.45) is 5.92 Å². The van der Waals surface area contributed by atoms with E-state index in [9.17, 15) is 4.79 Å². The highest BCUT2D eigenvalue weighted by atomic mass is 31.1. The summed E-state index contributed by atoms with van der Waals surface area (Å²) in [5, 5.41) is 0. The van der Waals surface area contributed by atoms with Gasteiger partial charge in [-0.05, 0) is 6.92 Å². The van der Waals surface area contributed by atoms with Crippen LogP contribution < -0.4 is 0 Å². The van der Waals surface area contributed by atoms with Gasteiger partial charge in [0.2, 0.25) is 0 Å². The minimum atomic E-state index is 0.0556. The average Bonchev–Trinajstić information content (AvgIpc) is 2.10. The molecule has 0 rings (SSSR count). The summed E-state index contributed by atoms with van der Waals surface area (Å²) in [5.41, 5.74) is 0. The van der Waals surface area contributed by atoms with E-state index >= 15 is 0 Å². The molecule has 0 radical (unpaired) electrons. The second-order valence-electron chi connectivity index (χ2n) is 2.52. The molecule has 12 heavy (non-hydrogen) atoms. The van der Waals surface area contributed by atoms with E-state index in [1.54, 1.807) is 14.0 Å². The predicted molar refractivity (Wildman–Crippen MR) is 52.4 cm³/mol. The summed E-state index contributed by atoms with van der Waals surface area (Å²) < 4.78 is 4.84. The van der Waals surface area contributed by atoms with E-state index in [2.05, 4.69) is 11.8 Å². The smallest absolute Gasteiger partial charge is 0.142 e. The Bertz CT molecular complexity index is 190. The van der Waals surface area contributed by atoms with E-state index in [0.29, 0.717) is 21.4 Å². The molecule has 0 bridgehead atoms. The third-order valence-electron chi connectivity index (χ3n) is 1.53. The SMILES string of the molecule is CC#CCC(C)C(=O)CPOC. The van der Waals surface area contributed by atoms with Crippen LogP contribution in [-0.2, 0) is 9.32 Å². The average molecular weight is 186 g/mol. The van der Waals surface area contributed by atoms with Gasteiger partial charge in [-0.3, -0.25) is 4.79 Å². The minimum Gasteiger partial charge on any atom is -0.365 e. The Morgan fingerprint density at radius 1 is 1.67 bits per heavy atom. The number of carbonyl (C=O) groups is 1. The van der Waals surface area contributed by atoms with Crippen molar-refractivity contribution >= 4 is 14.6 Å². The first-order valence-electron chi connectivity index (χ1n) is 3.90. The quantitative estimate of drug-likeness (QED) is 0.483. The zero-order valence-corrected chi connectivity index (χ0v) is 8.81. The summed E-state index contributed by atoms with van der Waals surface area (Å²) >= 11 is 0. The largest absolute Gasteiger partial charge is 0.365 e. The Kier molecular flexibility index (Phi) is 7.05. The molecule has 0 N–H and O–H groups in total. The number of hydrogen-bond donors (Lipinski definition) is 0. The monoisotopic (exact) mass is 186 g/mol. The van der Waals surface area contributed by atoms with Crippen LogP contribution in [-0.4, -0.2) is 19.1 Å². The van der Waals surface area contributed by atoms with Gasteiger partial charge in [0.15, 0.2) is 0 Å². The van der Waals surface area contributed by atoms with E-state index in [1.807, 2.05) is 6.92 Å². The van der Waals surface area contributed by atoms with Gasteiger partial charge in [0.25, 0.3) is 0 Å². The van der Waals surface area contributed by atoms with Gasteiger partial charge in [0.1, 0.15) is 5.78 Å². The first kappa shape index (κ1) is 11.6. The molecule has 0 spiro atoms. The van der Waals surface area contributed by atoms with Crippen LogP contribution in [0.5, 0.6) is 0 Å².